The first kappa shape index (κ1) is 34.7. The van der Waals surface area contributed by atoms with E-state index in [0.29, 0.717) is 24.1 Å². The highest BCUT2D eigenvalue weighted by Gasteiger charge is 2.38. The number of carbonyl (C=O) groups is 6. The van der Waals surface area contributed by atoms with E-state index >= 15 is 0 Å². The molecule has 1 saturated heterocycles. The summed E-state index contributed by atoms with van der Waals surface area (Å²) >= 11 is 0. The number of anilines is 1. The number of esters is 1. The van der Waals surface area contributed by atoms with Crippen molar-refractivity contribution in [2.75, 3.05) is 19.0 Å². The smallest absolute Gasteiger partial charge is 0.336 e. The van der Waals surface area contributed by atoms with Crippen LogP contribution in [0.4, 0.5) is 5.69 Å². The van der Waals surface area contributed by atoms with Crippen LogP contribution in [0.2, 0.25) is 0 Å². The second-order valence-corrected chi connectivity index (χ2v) is 11.5. The molecule has 0 unspecified atom stereocenters. The minimum atomic E-state index is -0.999. The molecule has 0 bridgehead atoms. The number of benzene rings is 1. The molecule has 14 nitrogen and oxygen atoms in total. The maximum absolute atomic E-state index is 13.4. The highest BCUT2D eigenvalue weighted by molar-refractivity contribution is 6.00. The minimum Gasteiger partial charge on any atom is -0.469 e. The molecule has 5 amide bonds. The van der Waals surface area contributed by atoms with Gasteiger partial charge in [-0.3, -0.25) is 28.8 Å². The van der Waals surface area contributed by atoms with Gasteiger partial charge in [0.15, 0.2) is 0 Å². The molecular formula is C31H41N5O9. The molecule has 14 heteroatoms. The predicted molar refractivity (Wildman–Crippen MR) is 164 cm³/mol. The molecule has 0 aliphatic carbocycles. The SMILES string of the molecule is COC(=O)CCC(=O)N[C@H](C)C(=O)N[C@H](C)C(=O)N1CCC[C@@H]1C(=O)N[C@H](C(=O)Nc1ccc2c(C)cc(=O)oc2c1)C(C)C. The lowest BCUT2D eigenvalue weighted by molar-refractivity contribution is -0.142. The van der Waals surface area contributed by atoms with Crippen LogP contribution in [-0.2, 0) is 33.5 Å². The lowest BCUT2D eigenvalue weighted by Gasteiger charge is -2.30. The highest BCUT2D eigenvalue weighted by Crippen LogP contribution is 2.22. The molecule has 2 heterocycles. The lowest BCUT2D eigenvalue weighted by atomic mass is 10.0. The Morgan fingerprint density at radius 2 is 1.67 bits per heavy atom. The van der Waals surface area contributed by atoms with Crippen LogP contribution < -0.4 is 26.9 Å². The Balaban J connectivity index is 1.60. The molecule has 1 fully saturated rings. The van der Waals surface area contributed by atoms with Crippen LogP contribution in [0.3, 0.4) is 0 Å². The fraction of sp³-hybridized carbons (Fsp3) is 0.516. The van der Waals surface area contributed by atoms with Crippen LogP contribution in [0.5, 0.6) is 0 Å². The first-order valence-electron chi connectivity index (χ1n) is 14.8. The first-order valence-corrected chi connectivity index (χ1v) is 14.8. The average molecular weight is 628 g/mol. The molecule has 1 aliphatic rings. The third-order valence-electron chi connectivity index (χ3n) is 7.59. The van der Waals surface area contributed by atoms with Gasteiger partial charge in [-0.2, -0.15) is 0 Å². The number of amides is 5. The van der Waals surface area contributed by atoms with E-state index in [1.54, 1.807) is 39.0 Å². The number of aryl methyl sites for hydroxylation is 1. The molecule has 1 aromatic heterocycles. The topological polar surface area (TPSA) is 193 Å². The summed E-state index contributed by atoms with van der Waals surface area (Å²) in [6.07, 6.45) is 0.641. The largest absolute Gasteiger partial charge is 0.469 e. The molecular weight excluding hydrogens is 586 g/mol. The van der Waals surface area contributed by atoms with Crippen molar-refractivity contribution in [2.45, 2.75) is 84.5 Å². The number of hydrogen-bond donors (Lipinski definition) is 4. The molecule has 0 saturated carbocycles. The van der Waals surface area contributed by atoms with Crippen LogP contribution in [0, 0.1) is 12.8 Å². The van der Waals surface area contributed by atoms with Gasteiger partial charge in [0, 0.05) is 36.2 Å². The molecule has 3 rings (SSSR count). The van der Waals surface area contributed by atoms with Gasteiger partial charge >= 0.3 is 11.6 Å². The van der Waals surface area contributed by atoms with Crippen molar-refractivity contribution in [2.24, 2.45) is 5.92 Å². The number of ether oxygens (including phenoxy) is 1. The van der Waals surface area contributed by atoms with Gasteiger partial charge in [-0.15, -0.1) is 0 Å². The van der Waals surface area contributed by atoms with Crippen molar-refractivity contribution >= 4 is 52.2 Å². The number of fused-ring (bicyclic) bond motifs is 1. The Labute approximate surface area is 260 Å². The molecule has 2 aromatic rings. The molecule has 1 aliphatic heterocycles. The van der Waals surface area contributed by atoms with Crippen LogP contribution >= 0.6 is 0 Å². The summed E-state index contributed by atoms with van der Waals surface area (Å²) in [5.41, 5.74) is 0.940. The van der Waals surface area contributed by atoms with E-state index in [4.69, 9.17) is 4.42 Å². The average Bonchev–Trinajstić information content (AvgIpc) is 3.47. The van der Waals surface area contributed by atoms with Crippen molar-refractivity contribution in [3.8, 4) is 0 Å². The maximum atomic E-state index is 13.4. The Bertz CT molecular complexity index is 1520. The summed E-state index contributed by atoms with van der Waals surface area (Å²) in [6.45, 7) is 8.55. The van der Waals surface area contributed by atoms with E-state index in [0.717, 1.165) is 10.9 Å². The summed E-state index contributed by atoms with van der Waals surface area (Å²) in [5.74, 6) is -3.45. The van der Waals surface area contributed by atoms with Gasteiger partial charge in [0.2, 0.25) is 29.5 Å². The fourth-order valence-corrected chi connectivity index (χ4v) is 5.06. The Kier molecular flexibility index (Phi) is 11.8. The summed E-state index contributed by atoms with van der Waals surface area (Å²) in [5, 5.41) is 11.3. The van der Waals surface area contributed by atoms with Gasteiger partial charge < -0.3 is 35.3 Å². The summed E-state index contributed by atoms with van der Waals surface area (Å²) in [6, 6.07) is 2.58. The van der Waals surface area contributed by atoms with Crippen molar-refractivity contribution < 1.29 is 37.9 Å². The molecule has 244 valence electrons. The van der Waals surface area contributed by atoms with Crippen LogP contribution in [0.1, 0.15) is 58.9 Å². The molecule has 4 atom stereocenters. The Hall–Kier alpha value is -4.75. The van der Waals surface area contributed by atoms with Gasteiger partial charge in [0.05, 0.1) is 13.5 Å². The van der Waals surface area contributed by atoms with E-state index in [1.807, 2.05) is 0 Å². The zero-order valence-electron chi connectivity index (χ0n) is 26.4. The molecule has 1 aromatic carbocycles. The normalized spacial score (nSPS) is 16.4. The van der Waals surface area contributed by atoms with Gasteiger partial charge in [0.1, 0.15) is 29.8 Å². The highest BCUT2D eigenvalue weighted by atomic mass is 16.5. The van der Waals surface area contributed by atoms with Gasteiger partial charge in [-0.05, 0) is 57.2 Å². The van der Waals surface area contributed by atoms with E-state index in [-0.39, 0.29) is 25.3 Å². The number of nitrogens with zero attached hydrogens (tertiary/aromatic N) is 1. The number of carbonyl (C=O) groups excluding carboxylic acids is 6. The van der Waals surface area contributed by atoms with Crippen LogP contribution in [0.25, 0.3) is 11.0 Å². The van der Waals surface area contributed by atoms with Crippen LogP contribution in [0.15, 0.2) is 33.5 Å². The zero-order chi connectivity index (χ0) is 33.4. The maximum Gasteiger partial charge on any atom is 0.336 e. The van der Waals surface area contributed by atoms with E-state index in [9.17, 15) is 33.6 Å². The Morgan fingerprint density at radius 1 is 0.956 bits per heavy atom. The monoisotopic (exact) mass is 627 g/mol. The van der Waals surface area contributed by atoms with Crippen molar-refractivity contribution in [1.82, 2.24) is 20.9 Å². The number of methoxy groups -OCH3 is 1. The van der Waals surface area contributed by atoms with Crippen molar-refractivity contribution in [3.63, 3.8) is 0 Å². The quantitative estimate of drug-likeness (QED) is 0.197. The minimum absolute atomic E-state index is 0.133. The van der Waals surface area contributed by atoms with Gasteiger partial charge in [0.25, 0.3) is 0 Å². The molecule has 0 radical (unpaired) electrons. The molecule has 4 N–H and O–H groups in total. The van der Waals surface area contributed by atoms with E-state index < -0.39 is 65.3 Å². The second-order valence-electron chi connectivity index (χ2n) is 11.5. The summed E-state index contributed by atoms with van der Waals surface area (Å²) in [7, 11) is 1.21. The number of rotatable bonds is 12. The van der Waals surface area contributed by atoms with E-state index in [1.165, 1.54) is 31.9 Å². The number of likely N-dealkylation sites (tertiary alicyclic amines) is 1. The third-order valence-corrected chi connectivity index (χ3v) is 7.59. The fourth-order valence-electron chi connectivity index (χ4n) is 5.06. The summed E-state index contributed by atoms with van der Waals surface area (Å²) in [4.78, 5) is 89.0. The zero-order valence-corrected chi connectivity index (χ0v) is 26.4. The summed E-state index contributed by atoms with van der Waals surface area (Å²) < 4.78 is 9.75. The molecule has 0 spiro atoms. The lowest BCUT2D eigenvalue weighted by Crippen LogP contribution is -2.57. The van der Waals surface area contributed by atoms with Crippen molar-refractivity contribution in [3.05, 3.63) is 40.2 Å². The number of nitrogens with one attached hydrogen (secondary N) is 4. The third kappa shape index (κ3) is 9.13. The predicted octanol–water partition coefficient (Wildman–Crippen LogP) is 1.13. The van der Waals surface area contributed by atoms with Crippen LogP contribution in [-0.4, -0.2) is 78.2 Å². The Morgan fingerprint density at radius 3 is 2.33 bits per heavy atom. The van der Waals surface area contributed by atoms with Gasteiger partial charge in [-0.1, -0.05) is 13.8 Å². The van der Waals surface area contributed by atoms with Gasteiger partial charge in [-0.25, -0.2) is 4.79 Å². The number of hydrogen-bond acceptors (Lipinski definition) is 9. The van der Waals surface area contributed by atoms with E-state index in [2.05, 4.69) is 26.0 Å². The molecule has 45 heavy (non-hydrogen) atoms. The second kappa shape index (κ2) is 15.3. The standard InChI is InChI=1S/C31H41N5O9/c1-16(2)27(30(42)34-20-9-10-21-17(3)14-26(39)45-23(21)15-20)35-29(41)22-8-7-13-36(22)31(43)19(5)33-28(40)18(4)32-24(37)11-12-25(38)44-6/h9-10,14-16,18-19,22,27H,7-8,11-13H2,1-6H3,(H,32,37)(H,33,40)(H,34,42)(H,35,41)/t18-,19-,22-,27+/m1/s1. The van der Waals surface area contributed by atoms with Crippen molar-refractivity contribution in [1.29, 1.82) is 0 Å². The first-order chi connectivity index (χ1) is 21.2.